The molecule has 0 aliphatic carbocycles. The van der Waals surface area contributed by atoms with E-state index in [4.69, 9.17) is 9.47 Å². The van der Waals surface area contributed by atoms with Gasteiger partial charge in [0.05, 0.1) is 24.8 Å². The molecule has 5 atom stereocenters. The summed E-state index contributed by atoms with van der Waals surface area (Å²) in [5, 5.41) is 16.1. The van der Waals surface area contributed by atoms with Crippen LogP contribution in [0.15, 0.2) is 0 Å². The number of urea groups is 1. The third kappa shape index (κ3) is 2.90. The van der Waals surface area contributed by atoms with E-state index in [9.17, 15) is 9.90 Å². The zero-order valence-electron chi connectivity index (χ0n) is 12.3. The summed E-state index contributed by atoms with van der Waals surface area (Å²) in [7, 11) is 0. The minimum absolute atomic E-state index is 0.254. The molecule has 0 aromatic carbocycles. The summed E-state index contributed by atoms with van der Waals surface area (Å²) >= 11 is 0. The van der Waals surface area contributed by atoms with Gasteiger partial charge in [-0.25, -0.2) is 4.79 Å². The van der Waals surface area contributed by atoms with Crippen LogP contribution in [0.4, 0.5) is 4.79 Å². The van der Waals surface area contributed by atoms with Crippen molar-refractivity contribution < 1.29 is 19.4 Å². The molecule has 0 radical (unpaired) electrons. The number of amides is 2. The summed E-state index contributed by atoms with van der Waals surface area (Å²) in [6.07, 6.45) is -1.41. The molecule has 0 unspecified atom stereocenters. The molecule has 2 saturated heterocycles. The van der Waals surface area contributed by atoms with Gasteiger partial charge in [-0.3, -0.25) is 4.90 Å². The Morgan fingerprint density at radius 2 is 2.05 bits per heavy atom. The number of ether oxygens (including phenoxy) is 2. The van der Waals surface area contributed by atoms with Gasteiger partial charge in [0, 0.05) is 6.54 Å². The van der Waals surface area contributed by atoms with E-state index in [2.05, 4.69) is 15.5 Å². The number of carbonyl (C=O) groups excluding carboxylic acids is 1. The highest BCUT2D eigenvalue weighted by molar-refractivity contribution is 5.74. The fourth-order valence-corrected chi connectivity index (χ4v) is 2.98. The second-order valence-electron chi connectivity index (χ2n) is 5.11. The van der Waals surface area contributed by atoms with Crippen LogP contribution in [0.5, 0.6) is 0 Å². The van der Waals surface area contributed by atoms with E-state index in [0.717, 1.165) is 13.1 Å². The Hall–Kier alpha value is -0.890. The van der Waals surface area contributed by atoms with Crippen LogP contribution in [0.3, 0.4) is 0 Å². The number of nitrogens with zero attached hydrogens (tertiary/aromatic N) is 1. The zero-order chi connectivity index (χ0) is 14.7. The topological polar surface area (TPSA) is 83.1 Å². The molecule has 2 amide bonds. The van der Waals surface area contributed by atoms with Crippen molar-refractivity contribution in [3.63, 3.8) is 0 Å². The minimum Gasteiger partial charge on any atom is -0.389 e. The first kappa shape index (κ1) is 15.5. The van der Waals surface area contributed by atoms with Gasteiger partial charge in [-0.15, -0.1) is 0 Å². The van der Waals surface area contributed by atoms with Crippen molar-refractivity contribution in [2.45, 2.75) is 51.4 Å². The molecule has 0 aromatic heterocycles. The second kappa shape index (κ2) is 6.71. The molecule has 2 heterocycles. The standard InChI is InChI=1S/C13H25N3O4/c1-4-14-13(18)15-9-8-7-19-12(20-8)10(11(9)17)16(5-2)6-3/h8-12,17H,4-7H2,1-3H3,(H2,14,15,18)/t8-,9-,10-,11+,12-/m1/s1. The number of aliphatic hydroxyl groups excluding tert-OH is 1. The normalized spacial score (nSPS) is 36.1. The number of fused-ring (bicyclic) bond motifs is 2. The Labute approximate surface area is 119 Å². The summed E-state index contributed by atoms with van der Waals surface area (Å²) in [4.78, 5) is 13.8. The molecular formula is C13H25N3O4. The number of carbonyl (C=O) groups is 1. The maximum absolute atomic E-state index is 11.7. The van der Waals surface area contributed by atoms with Gasteiger partial charge in [-0.1, -0.05) is 13.8 Å². The molecule has 116 valence electrons. The average molecular weight is 287 g/mol. The highest BCUT2D eigenvalue weighted by Crippen LogP contribution is 2.31. The third-order valence-corrected chi connectivity index (χ3v) is 4.00. The number of rotatable bonds is 5. The van der Waals surface area contributed by atoms with E-state index in [1.54, 1.807) is 0 Å². The van der Waals surface area contributed by atoms with E-state index in [0.29, 0.717) is 13.2 Å². The maximum Gasteiger partial charge on any atom is 0.315 e. The monoisotopic (exact) mass is 287 g/mol. The van der Waals surface area contributed by atoms with Gasteiger partial charge < -0.3 is 25.2 Å². The van der Waals surface area contributed by atoms with Crippen molar-refractivity contribution in [3.8, 4) is 0 Å². The molecule has 0 saturated carbocycles. The van der Waals surface area contributed by atoms with Crippen molar-refractivity contribution in [1.29, 1.82) is 0 Å². The lowest BCUT2D eigenvalue weighted by Gasteiger charge is -2.43. The molecule has 3 N–H and O–H groups in total. The predicted octanol–water partition coefficient (Wildman–Crippen LogP) is -0.499. The third-order valence-electron chi connectivity index (χ3n) is 4.00. The van der Waals surface area contributed by atoms with Gasteiger partial charge >= 0.3 is 6.03 Å². The lowest BCUT2D eigenvalue weighted by atomic mass is 9.95. The van der Waals surface area contributed by atoms with Crippen molar-refractivity contribution in [1.82, 2.24) is 15.5 Å². The van der Waals surface area contributed by atoms with Crippen molar-refractivity contribution in [3.05, 3.63) is 0 Å². The fourth-order valence-electron chi connectivity index (χ4n) is 2.98. The van der Waals surface area contributed by atoms with E-state index in [1.165, 1.54) is 0 Å². The molecular weight excluding hydrogens is 262 g/mol. The van der Waals surface area contributed by atoms with Crippen molar-refractivity contribution in [2.24, 2.45) is 0 Å². The van der Waals surface area contributed by atoms with E-state index in [1.807, 2.05) is 20.8 Å². The van der Waals surface area contributed by atoms with Crippen LogP contribution in [0.25, 0.3) is 0 Å². The van der Waals surface area contributed by atoms with Gasteiger partial charge in [0.1, 0.15) is 6.10 Å². The van der Waals surface area contributed by atoms with Gasteiger partial charge in [-0.05, 0) is 20.0 Å². The first-order valence-corrected chi connectivity index (χ1v) is 7.35. The Morgan fingerprint density at radius 1 is 1.35 bits per heavy atom. The van der Waals surface area contributed by atoms with Crippen LogP contribution in [0.2, 0.25) is 0 Å². The van der Waals surface area contributed by atoms with Crippen LogP contribution in [0, 0.1) is 0 Å². The smallest absolute Gasteiger partial charge is 0.315 e. The summed E-state index contributed by atoms with van der Waals surface area (Å²) in [6.45, 7) is 8.43. The van der Waals surface area contributed by atoms with Crippen LogP contribution in [-0.2, 0) is 9.47 Å². The highest BCUT2D eigenvalue weighted by Gasteiger charge is 2.52. The largest absolute Gasteiger partial charge is 0.389 e. The summed E-state index contributed by atoms with van der Waals surface area (Å²) in [6, 6.07) is -0.995. The van der Waals surface area contributed by atoms with Gasteiger partial charge in [-0.2, -0.15) is 0 Å². The number of aliphatic hydroxyl groups is 1. The molecule has 2 aliphatic heterocycles. The Balaban J connectivity index is 2.10. The summed E-state index contributed by atoms with van der Waals surface area (Å²) < 4.78 is 11.4. The molecule has 20 heavy (non-hydrogen) atoms. The van der Waals surface area contributed by atoms with E-state index in [-0.39, 0.29) is 18.2 Å². The molecule has 0 aromatic rings. The quantitative estimate of drug-likeness (QED) is 0.635. The number of likely N-dealkylation sites (N-methyl/N-ethyl adjacent to an activating group) is 1. The Morgan fingerprint density at radius 3 is 2.65 bits per heavy atom. The second-order valence-corrected chi connectivity index (χ2v) is 5.11. The van der Waals surface area contributed by atoms with Crippen LogP contribution < -0.4 is 10.6 Å². The Bertz CT molecular complexity index is 336. The fraction of sp³-hybridized carbons (Fsp3) is 0.923. The predicted molar refractivity (Wildman–Crippen MR) is 73.3 cm³/mol. The maximum atomic E-state index is 11.7. The van der Waals surface area contributed by atoms with Gasteiger partial charge in [0.25, 0.3) is 0 Å². The van der Waals surface area contributed by atoms with Crippen LogP contribution in [0.1, 0.15) is 20.8 Å². The zero-order valence-corrected chi connectivity index (χ0v) is 12.3. The number of hydrogen-bond acceptors (Lipinski definition) is 5. The van der Waals surface area contributed by atoms with Gasteiger partial charge in [0.2, 0.25) is 0 Å². The summed E-state index contributed by atoms with van der Waals surface area (Å²) in [5.41, 5.74) is 0. The summed E-state index contributed by atoms with van der Waals surface area (Å²) in [5.74, 6) is 0. The van der Waals surface area contributed by atoms with E-state index >= 15 is 0 Å². The number of hydrogen-bond donors (Lipinski definition) is 3. The number of nitrogens with one attached hydrogen (secondary N) is 2. The minimum atomic E-state index is -0.705. The molecule has 7 nitrogen and oxygen atoms in total. The first-order valence-electron chi connectivity index (χ1n) is 7.35. The van der Waals surface area contributed by atoms with E-state index < -0.39 is 18.4 Å². The molecule has 2 fully saturated rings. The molecule has 7 heteroatoms. The lowest BCUT2D eigenvalue weighted by Crippen LogP contribution is -2.65. The molecule has 2 aliphatic rings. The van der Waals surface area contributed by atoms with Crippen LogP contribution in [-0.4, -0.2) is 72.9 Å². The first-order chi connectivity index (χ1) is 9.62. The van der Waals surface area contributed by atoms with Crippen LogP contribution >= 0.6 is 0 Å². The highest BCUT2D eigenvalue weighted by atomic mass is 16.7. The molecule has 2 bridgehead atoms. The Kier molecular flexibility index (Phi) is 5.20. The lowest BCUT2D eigenvalue weighted by molar-refractivity contribution is -0.179. The van der Waals surface area contributed by atoms with Crippen molar-refractivity contribution >= 4 is 6.03 Å². The van der Waals surface area contributed by atoms with Gasteiger partial charge in [0.15, 0.2) is 6.29 Å². The van der Waals surface area contributed by atoms with Crippen molar-refractivity contribution in [2.75, 3.05) is 26.2 Å². The molecule has 2 rings (SSSR count). The SMILES string of the molecule is CCNC(=O)N[C@H]1[C@H](O)[C@@H](N(CC)CC)[C@@H]2OC[C@H]1O2. The average Bonchev–Trinajstić information content (AvgIpc) is 2.85. The molecule has 0 spiro atoms.